The maximum absolute atomic E-state index is 12.8. The Balaban J connectivity index is 4.36. The van der Waals surface area contributed by atoms with Gasteiger partial charge >= 0.3 is 17.9 Å². The highest BCUT2D eigenvalue weighted by Crippen LogP contribution is 2.16. The standard InChI is InChI=1S/C55H98O6/c1-4-7-10-13-16-19-22-24-26-27-29-30-33-36-39-42-45-48-54(57)60-51-52(50-59-53(56)47-44-41-38-35-32-21-18-15-12-9-6-3)61-55(58)49-46-43-40-37-34-31-28-25-23-20-17-14-11-8-5-2/h9,12,18,20-21,23,35,38,52H,4-8,10-11,13-17,19,22,24-34,36-37,39-51H2,1-3H3/b12-9-,21-18-,23-20-,38-35-. The van der Waals surface area contributed by atoms with Gasteiger partial charge in [-0.15, -0.1) is 0 Å². The smallest absolute Gasteiger partial charge is 0.306 e. The highest BCUT2D eigenvalue weighted by molar-refractivity contribution is 5.71. The lowest BCUT2D eigenvalue weighted by Crippen LogP contribution is -2.30. The number of ether oxygens (including phenoxy) is 3. The Hall–Kier alpha value is -2.63. The average molecular weight is 855 g/mol. The van der Waals surface area contributed by atoms with Gasteiger partial charge in [-0.2, -0.15) is 0 Å². The van der Waals surface area contributed by atoms with Crippen LogP contribution in [0, 0.1) is 0 Å². The molecular formula is C55H98O6. The molecule has 0 aromatic rings. The van der Waals surface area contributed by atoms with E-state index in [0.717, 1.165) is 64.2 Å². The molecule has 1 unspecified atom stereocenters. The Morgan fingerprint density at radius 1 is 0.344 bits per heavy atom. The van der Waals surface area contributed by atoms with Crippen molar-refractivity contribution in [2.24, 2.45) is 0 Å². The molecule has 0 radical (unpaired) electrons. The molecule has 0 aliphatic carbocycles. The summed E-state index contributed by atoms with van der Waals surface area (Å²) < 4.78 is 16.7. The number of carbonyl (C=O) groups excluding carboxylic acids is 3. The zero-order valence-corrected chi connectivity index (χ0v) is 40.4. The Kier molecular flexibility index (Phi) is 47.9. The second-order valence-corrected chi connectivity index (χ2v) is 17.4. The summed E-state index contributed by atoms with van der Waals surface area (Å²) in [6.45, 7) is 6.48. The van der Waals surface area contributed by atoms with Crippen molar-refractivity contribution in [2.45, 2.75) is 271 Å². The highest BCUT2D eigenvalue weighted by Gasteiger charge is 2.19. The van der Waals surface area contributed by atoms with E-state index in [-0.39, 0.29) is 37.5 Å². The molecule has 6 nitrogen and oxygen atoms in total. The lowest BCUT2D eigenvalue weighted by molar-refractivity contribution is -0.167. The molecule has 0 amide bonds. The fourth-order valence-corrected chi connectivity index (χ4v) is 7.40. The molecule has 0 saturated carbocycles. The van der Waals surface area contributed by atoms with Crippen LogP contribution in [0.15, 0.2) is 48.6 Å². The fraction of sp³-hybridized carbons (Fsp3) is 0.800. The molecule has 0 aromatic heterocycles. The molecule has 0 heterocycles. The van der Waals surface area contributed by atoms with E-state index in [9.17, 15) is 14.4 Å². The van der Waals surface area contributed by atoms with E-state index in [0.29, 0.717) is 19.3 Å². The zero-order valence-electron chi connectivity index (χ0n) is 40.4. The quantitative estimate of drug-likeness (QED) is 0.0263. The third-order valence-electron chi connectivity index (χ3n) is 11.3. The zero-order chi connectivity index (χ0) is 44.4. The first-order valence-electron chi connectivity index (χ1n) is 26.1. The second kappa shape index (κ2) is 50.0. The van der Waals surface area contributed by atoms with Crippen LogP contribution in [0.3, 0.4) is 0 Å². The summed E-state index contributed by atoms with van der Waals surface area (Å²) in [6, 6.07) is 0. The highest BCUT2D eigenvalue weighted by atomic mass is 16.6. The number of hydrogen-bond donors (Lipinski definition) is 0. The fourth-order valence-electron chi connectivity index (χ4n) is 7.40. The Labute approximate surface area is 378 Å². The van der Waals surface area contributed by atoms with E-state index in [1.54, 1.807) is 0 Å². The Morgan fingerprint density at radius 3 is 1.10 bits per heavy atom. The summed E-state index contributed by atoms with van der Waals surface area (Å²) >= 11 is 0. The molecule has 0 aliphatic heterocycles. The predicted molar refractivity (Wildman–Crippen MR) is 261 cm³/mol. The van der Waals surface area contributed by atoms with Crippen molar-refractivity contribution in [1.29, 1.82) is 0 Å². The molecule has 1 atom stereocenters. The molecule has 0 bridgehead atoms. The van der Waals surface area contributed by atoms with E-state index in [2.05, 4.69) is 69.4 Å². The maximum atomic E-state index is 12.8. The molecule has 0 N–H and O–H groups in total. The van der Waals surface area contributed by atoms with Crippen molar-refractivity contribution in [3.05, 3.63) is 48.6 Å². The van der Waals surface area contributed by atoms with Crippen molar-refractivity contribution in [2.75, 3.05) is 13.2 Å². The first-order chi connectivity index (χ1) is 30.0. The van der Waals surface area contributed by atoms with Gasteiger partial charge in [0.1, 0.15) is 13.2 Å². The van der Waals surface area contributed by atoms with Gasteiger partial charge in [0.05, 0.1) is 0 Å². The maximum Gasteiger partial charge on any atom is 0.306 e. The van der Waals surface area contributed by atoms with E-state index < -0.39 is 6.10 Å². The van der Waals surface area contributed by atoms with E-state index in [1.807, 2.05) is 0 Å². The van der Waals surface area contributed by atoms with Gasteiger partial charge in [-0.25, -0.2) is 0 Å². The lowest BCUT2D eigenvalue weighted by Gasteiger charge is -2.18. The summed E-state index contributed by atoms with van der Waals surface area (Å²) in [6.07, 6.45) is 59.6. The summed E-state index contributed by atoms with van der Waals surface area (Å²) in [5.41, 5.74) is 0. The van der Waals surface area contributed by atoms with Crippen LogP contribution in [0.5, 0.6) is 0 Å². The van der Waals surface area contributed by atoms with Gasteiger partial charge in [-0.1, -0.05) is 223 Å². The summed E-state index contributed by atoms with van der Waals surface area (Å²) in [4.78, 5) is 37.9. The average Bonchev–Trinajstić information content (AvgIpc) is 3.26. The van der Waals surface area contributed by atoms with Crippen LogP contribution in [0.25, 0.3) is 0 Å². The van der Waals surface area contributed by atoms with Crippen LogP contribution < -0.4 is 0 Å². The van der Waals surface area contributed by atoms with E-state index in [4.69, 9.17) is 14.2 Å². The van der Waals surface area contributed by atoms with Crippen LogP contribution >= 0.6 is 0 Å². The van der Waals surface area contributed by atoms with Crippen LogP contribution in [0.1, 0.15) is 265 Å². The SMILES string of the molecule is CC/C=C\C/C=C\C/C=C\CCCC(=O)OCC(COC(=O)CCCCCCCCCCCCCCCCCCC)OC(=O)CCCCCCCCC/C=C\CCCCCC. The third-order valence-corrected chi connectivity index (χ3v) is 11.3. The Morgan fingerprint density at radius 2 is 0.656 bits per heavy atom. The third kappa shape index (κ3) is 48.3. The van der Waals surface area contributed by atoms with Crippen LogP contribution in [0.2, 0.25) is 0 Å². The molecule has 0 spiro atoms. The topological polar surface area (TPSA) is 78.9 Å². The van der Waals surface area contributed by atoms with Gasteiger partial charge < -0.3 is 14.2 Å². The predicted octanol–water partition coefficient (Wildman–Crippen LogP) is 17.1. The molecule has 61 heavy (non-hydrogen) atoms. The van der Waals surface area contributed by atoms with Crippen molar-refractivity contribution in [3.8, 4) is 0 Å². The summed E-state index contributed by atoms with van der Waals surface area (Å²) in [5, 5.41) is 0. The Bertz CT molecular complexity index is 1070. The number of carbonyl (C=O) groups is 3. The van der Waals surface area contributed by atoms with Crippen LogP contribution in [0.4, 0.5) is 0 Å². The molecule has 354 valence electrons. The van der Waals surface area contributed by atoms with E-state index in [1.165, 1.54) is 154 Å². The van der Waals surface area contributed by atoms with E-state index >= 15 is 0 Å². The number of hydrogen-bond acceptors (Lipinski definition) is 6. The minimum absolute atomic E-state index is 0.0879. The molecule has 6 heteroatoms. The van der Waals surface area contributed by atoms with Gasteiger partial charge in [0.15, 0.2) is 6.10 Å². The van der Waals surface area contributed by atoms with Gasteiger partial charge in [0, 0.05) is 19.3 Å². The number of rotatable bonds is 47. The molecular weight excluding hydrogens is 757 g/mol. The summed E-state index contributed by atoms with van der Waals surface area (Å²) in [5.74, 6) is -0.941. The van der Waals surface area contributed by atoms with Crippen LogP contribution in [-0.4, -0.2) is 37.2 Å². The molecule has 0 saturated heterocycles. The first-order valence-corrected chi connectivity index (χ1v) is 26.1. The van der Waals surface area contributed by atoms with Crippen molar-refractivity contribution >= 4 is 17.9 Å². The normalized spacial score (nSPS) is 12.4. The second-order valence-electron chi connectivity index (χ2n) is 17.4. The first kappa shape index (κ1) is 58.4. The van der Waals surface area contributed by atoms with Gasteiger partial charge in [0.2, 0.25) is 0 Å². The molecule has 0 rings (SSSR count). The molecule has 0 aromatic carbocycles. The number of unbranched alkanes of at least 4 members (excludes halogenated alkanes) is 28. The van der Waals surface area contributed by atoms with Gasteiger partial charge in [0.25, 0.3) is 0 Å². The molecule has 0 fully saturated rings. The van der Waals surface area contributed by atoms with Gasteiger partial charge in [-0.05, 0) is 70.6 Å². The minimum atomic E-state index is -0.791. The van der Waals surface area contributed by atoms with Gasteiger partial charge in [-0.3, -0.25) is 14.4 Å². The largest absolute Gasteiger partial charge is 0.462 e. The van der Waals surface area contributed by atoms with Crippen molar-refractivity contribution in [1.82, 2.24) is 0 Å². The van der Waals surface area contributed by atoms with Crippen molar-refractivity contribution in [3.63, 3.8) is 0 Å². The minimum Gasteiger partial charge on any atom is -0.462 e. The van der Waals surface area contributed by atoms with Crippen LogP contribution in [-0.2, 0) is 28.6 Å². The monoisotopic (exact) mass is 855 g/mol. The van der Waals surface area contributed by atoms with Crippen molar-refractivity contribution < 1.29 is 28.6 Å². The number of esters is 3. The lowest BCUT2D eigenvalue weighted by atomic mass is 10.0. The molecule has 0 aliphatic rings. The summed E-state index contributed by atoms with van der Waals surface area (Å²) in [7, 11) is 0. The number of allylic oxidation sites excluding steroid dienone is 8.